The summed E-state index contributed by atoms with van der Waals surface area (Å²) in [6.07, 6.45) is 4.91. The molecule has 1 aliphatic carbocycles. The van der Waals surface area contributed by atoms with Crippen LogP contribution < -0.4 is 20.1 Å². The van der Waals surface area contributed by atoms with Gasteiger partial charge in [-0.25, -0.2) is 0 Å². The van der Waals surface area contributed by atoms with E-state index in [1.165, 1.54) is 25.7 Å². The van der Waals surface area contributed by atoms with Gasteiger partial charge in [-0.3, -0.25) is 0 Å². The van der Waals surface area contributed by atoms with Crippen LogP contribution in [0.4, 0.5) is 11.4 Å². The average molecular weight is 326 g/mol. The second-order valence-corrected chi connectivity index (χ2v) is 6.24. The first-order valence-corrected chi connectivity index (χ1v) is 8.59. The van der Waals surface area contributed by atoms with Gasteiger partial charge in [0.15, 0.2) is 0 Å². The van der Waals surface area contributed by atoms with Gasteiger partial charge in [-0.2, -0.15) is 0 Å². The molecule has 1 saturated carbocycles. The minimum absolute atomic E-state index is 0.425. The van der Waals surface area contributed by atoms with Gasteiger partial charge < -0.3 is 20.1 Å². The zero-order valence-corrected chi connectivity index (χ0v) is 14.4. The van der Waals surface area contributed by atoms with Crippen molar-refractivity contribution >= 4 is 11.4 Å². The van der Waals surface area contributed by atoms with Gasteiger partial charge >= 0.3 is 0 Å². The van der Waals surface area contributed by atoms with Gasteiger partial charge in [0.25, 0.3) is 0 Å². The summed E-state index contributed by atoms with van der Waals surface area (Å²) in [6, 6.07) is 17.2. The first-order chi connectivity index (χ1) is 11.8. The third-order valence-corrected chi connectivity index (χ3v) is 4.65. The zero-order chi connectivity index (χ0) is 16.8. The fourth-order valence-electron chi connectivity index (χ4n) is 3.28. The van der Waals surface area contributed by atoms with E-state index in [1.807, 2.05) is 24.3 Å². The lowest BCUT2D eigenvalue weighted by Crippen LogP contribution is -2.41. The van der Waals surface area contributed by atoms with Crippen molar-refractivity contribution in [2.75, 3.05) is 24.9 Å². The average Bonchev–Trinajstić information content (AvgIpc) is 2.64. The molecule has 0 aliphatic heterocycles. The number of benzene rings is 2. The molecule has 2 aromatic carbocycles. The smallest absolute Gasteiger partial charge is 0.119 e. The number of hydrogen-bond acceptors (Lipinski definition) is 4. The first kappa shape index (κ1) is 16.5. The molecule has 1 aliphatic rings. The van der Waals surface area contributed by atoms with E-state index in [-0.39, 0.29) is 0 Å². The molecule has 128 valence electrons. The summed E-state index contributed by atoms with van der Waals surface area (Å²) in [4.78, 5) is 0. The predicted octanol–water partition coefficient (Wildman–Crippen LogP) is 4.54. The second-order valence-electron chi connectivity index (χ2n) is 6.24. The summed E-state index contributed by atoms with van der Waals surface area (Å²) < 4.78 is 10.5. The molecule has 0 aromatic heterocycles. The van der Waals surface area contributed by atoms with E-state index in [2.05, 4.69) is 34.9 Å². The van der Waals surface area contributed by atoms with Gasteiger partial charge in [-0.05, 0) is 61.4 Å². The lowest BCUT2D eigenvalue weighted by molar-refractivity contribution is 0.413. The number of rotatable bonds is 6. The number of nitrogens with one attached hydrogen (secondary N) is 2. The molecule has 3 rings (SSSR count). The van der Waals surface area contributed by atoms with Crippen LogP contribution >= 0.6 is 0 Å². The van der Waals surface area contributed by atoms with E-state index in [9.17, 15) is 0 Å². The van der Waals surface area contributed by atoms with E-state index in [0.29, 0.717) is 12.1 Å². The Morgan fingerprint density at radius 2 is 1.04 bits per heavy atom. The van der Waals surface area contributed by atoms with Crippen LogP contribution in [0.5, 0.6) is 11.5 Å². The highest BCUT2D eigenvalue weighted by Crippen LogP contribution is 2.26. The minimum atomic E-state index is 0.425. The molecule has 2 atom stereocenters. The highest BCUT2D eigenvalue weighted by atomic mass is 16.5. The molecule has 0 heterocycles. The summed E-state index contributed by atoms with van der Waals surface area (Å²) >= 11 is 0. The van der Waals surface area contributed by atoms with Crippen LogP contribution in [0, 0.1) is 0 Å². The molecule has 1 fully saturated rings. The molecule has 0 saturated heterocycles. The van der Waals surface area contributed by atoms with Gasteiger partial charge in [0.2, 0.25) is 0 Å². The maximum Gasteiger partial charge on any atom is 0.119 e. The summed E-state index contributed by atoms with van der Waals surface area (Å²) in [5.74, 6) is 1.77. The third-order valence-electron chi connectivity index (χ3n) is 4.65. The molecule has 0 spiro atoms. The van der Waals surface area contributed by atoms with Crippen molar-refractivity contribution < 1.29 is 9.47 Å². The van der Waals surface area contributed by atoms with Gasteiger partial charge in [-0.15, -0.1) is 0 Å². The van der Waals surface area contributed by atoms with Crippen LogP contribution in [0.3, 0.4) is 0 Å². The number of methoxy groups -OCH3 is 2. The number of anilines is 2. The van der Waals surface area contributed by atoms with Gasteiger partial charge in [-0.1, -0.05) is 12.8 Å². The van der Waals surface area contributed by atoms with Crippen LogP contribution in [-0.4, -0.2) is 26.3 Å². The second kappa shape index (κ2) is 7.95. The van der Waals surface area contributed by atoms with Crippen LogP contribution in [-0.2, 0) is 0 Å². The molecular formula is C20H26N2O2. The molecule has 0 bridgehead atoms. The predicted molar refractivity (Wildman–Crippen MR) is 99.3 cm³/mol. The van der Waals surface area contributed by atoms with Crippen molar-refractivity contribution in [3.63, 3.8) is 0 Å². The quantitative estimate of drug-likeness (QED) is 0.818. The topological polar surface area (TPSA) is 42.5 Å². The van der Waals surface area contributed by atoms with Gasteiger partial charge in [0.05, 0.1) is 14.2 Å². The number of ether oxygens (including phenoxy) is 2. The van der Waals surface area contributed by atoms with E-state index in [1.54, 1.807) is 14.2 Å². The number of hydrogen-bond donors (Lipinski definition) is 2. The summed E-state index contributed by atoms with van der Waals surface area (Å²) in [6.45, 7) is 0. The molecule has 0 radical (unpaired) electrons. The summed E-state index contributed by atoms with van der Waals surface area (Å²) in [7, 11) is 3.39. The van der Waals surface area contributed by atoms with E-state index >= 15 is 0 Å². The lowest BCUT2D eigenvalue weighted by Gasteiger charge is -2.34. The van der Waals surface area contributed by atoms with E-state index < -0.39 is 0 Å². The standard InChI is InChI=1S/C20H26N2O2/c1-23-17-11-7-15(8-12-17)21-19-5-3-4-6-20(19)22-16-9-13-18(24-2)14-10-16/h7-14,19-22H,3-6H2,1-2H3/t19-,20-/m0/s1. The Morgan fingerprint density at radius 3 is 1.38 bits per heavy atom. The Bertz CT molecular complexity index is 568. The van der Waals surface area contributed by atoms with Crippen LogP contribution in [0.1, 0.15) is 25.7 Å². The lowest BCUT2D eigenvalue weighted by atomic mass is 9.90. The van der Waals surface area contributed by atoms with Crippen LogP contribution in [0.25, 0.3) is 0 Å². The minimum Gasteiger partial charge on any atom is -0.497 e. The highest BCUT2D eigenvalue weighted by molar-refractivity contribution is 5.50. The van der Waals surface area contributed by atoms with Gasteiger partial charge in [0, 0.05) is 23.5 Å². The maximum absolute atomic E-state index is 5.23. The fourth-order valence-corrected chi connectivity index (χ4v) is 3.28. The Labute approximate surface area is 144 Å². The Morgan fingerprint density at radius 1 is 0.667 bits per heavy atom. The van der Waals surface area contributed by atoms with Crippen LogP contribution in [0.2, 0.25) is 0 Å². The molecule has 4 heteroatoms. The fraction of sp³-hybridized carbons (Fsp3) is 0.400. The molecular weight excluding hydrogens is 300 g/mol. The van der Waals surface area contributed by atoms with Crippen molar-refractivity contribution in [3.8, 4) is 11.5 Å². The van der Waals surface area contributed by atoms with Crippen molar-refractivity contribution in [2.45, 2.75) is 37.8 Å². The summed E-state index contributed by atoms with van der Waals surface area (Å²) in [5, 5.41) is 7.36. The van der Waals surface area contributed by atoms with Crippen molar-refractivity contribution in [3.05, 3.63) is 48.5 Å². The normalized spacial score (nSPS) is 20.2. The molecule has 4 nitrogen and oxygen atoms in total. The molecule has 2 aromatic rings. The van der Waals surface area contributed by atoms with Crippen LogP contribution in [0.15, 0.2) is 48.5 Å². The van der Waals surface area contributed by atoms with E-state index in [4.69, 9.17) is 9.47 Å². The molecule has 0 amide bonds. The maximum atomic E-state index is 5.23. The van der Waals surface area contributed by atoms with Crippen molar-refractivity contribution in [1.82, 2.24) is 0 Å². The highest BCUT2D eigenvalue weighted by Gasteiger charge is 2.24. The summed E-state index contributed by atoms with van der Waals surface area (Å²) in [5.41, 5.74) is 2.29. The Kier molecular flexibility index (Phi) is 5.47. The largest absolute Gasteiger partial charge is 0.497 e. The molecule has 24 heavy (non-hydrogen) atoms. The van der Waals surface area contributed by atoms with Gasteiger partial charge in [0.1, 0.15) is 11.5 Å². The van der Waals surface area contributed by atoms with Crippen molar-refractivity contribution in [2.24, 2.45) is 0 Å². The SMILES string of the molecule is COc1ccc(N[C@H]2CCCC[C@@H]2Nc2ccc(OC)cc2)cc1. The molecule has 2 N–H and O–H groups in total. The third kappa shape index (κ3) is 4.13. The Balaban J connectivity index is 1.65. The zero-order valence-electron chi connectivity index (χ0n) is 14.4. The Hall–Kier alpha value is -2.36. The molecule has 0 unspecified atom stereocenters. The van der Waals surface area contributed by atoms with E-state index in [0.717, 1.165) is 22.9 Å². The van der Waals surface area contributed by atoms with Crippen molar-refractivity contribution in [1.29, 1.82) is 0 Å². The first-order valence-electron chi connectivity index (χ1n) is 8.59. The monoisotopic (exact) mass is 326 g/mol.